The molecular formula is C16H27N3O3S. The third-order valence-corrected chi connectivity index (χ3v) is 6.84. The Morgan fingerprint density at radius 3 is 2.83 bits per heavy atom. The molecule has 0 unspecified atom stereocenters. The van der Waals surface area contributed by atoms with E-state index in [4.69, 9.17) is 10.00 Å². The molecule has 0 bridgehead atoms. The molecule has 0 aromatic rings. The quantitative estimate of drug-likeness (QED) is 0.663. The first-order valence-electron chi connectivity index (χ1n) is 8.30. The van der Waals surface area contributed by atoms with Crippen LogP contribution in [0.15, 0.2) is 12.2 Å². The second-order valence-corrected chi connectivity index (χ2v) is 8.39. The molecule has 0 amide bonds. The molecular weight excluding hydrogens is 314 g/mol. The predicted molar refractivity (Wildman–Crippen MR) is 88.8 cm³/mol. The van der Waals surface area contributed by atoms with Crippen molar-refractivity contribution in [1.29, 1.82) is 5.26 Å². The fourth-order valence-electron chi connectivity index (χ4n) is 3.55. The first kappa shape index (κ1) is 18.4. The van der Waals surface area contributed by atoms with E-state index >= 15 is 0 Å². The molecule has 130 valence electrons. The predicted octanol–water partition coefficient (Wildman–Crippen LogP) is 1.92. The van der Waals surface area contributed by atoms with Crippen LogP contribution in [0.4, 0.5) is 0 Å². The van der Waals surface area contributed by atoms with Gasteiger partial charge in [-0.3, -0.25) is 0 Å². The summed E-state index contributed by atoms with van der Waals surface area (Å²) >= 11 is 0. The van der Waals surface area contributed by atoms with Gasteiger partial charge in [-0.05, 0) is 37.5 Å². The van der Waals surface area contributed by atoms with Gasteiger partial charge in [-0.2, -0.15) is 22.3 Å². The molecule has 1 atom stereocenters. The lowest BCUT2D eigenvalue weighted by Crippen LogP contribution is -2.52. The molecule has 23 heavy (non-hydrogen) atoms. The summed E-state index contributed by atoms with van der Waals surface area (Å²) in [5, 5.41) is 8.79. The summed E-state index contributed by atoms with van der Waals surface area (Å²) < 4.78 is 34.0. The van der Waals surface area contributed by atoms with Gasteiger partial charge in [0.2, 0.25) is 0 Å². The Bertz CT molecular complexity index is 555. The summed E-state index contributed by atoms with van der Waals surface area (Å²) in [6.45, 7) is 2.03. The highest BCUT2D eigenvalue weighted by Gasteiger charge is 2.41. The van der Waals surface area contributed by atoms with Crippen molar-refractivity contribution in [1.82, 2.24) is 8.61 Å². The largest absolute Gasteiger partial charge is 0.383 e. The molecule has 0 N–H and O–H groups in total. The van der Waals surface area contributed by atoms with Gasteiger partial charge in [0, 0.05) is 39.7 Å². The number of nitrogens with zero attached hydrogens (tertiary/aromatic N) is 3. The maximum atomic E-state index is 13.0. The lowest BCUT2D eigenvalue weighted by atomic mass is 9.72. The Labute approximate surface area is 139 Å². The molecule has 7 heteroatoms. The number of hydrogen-bond donors (Lipinski definition) is 0. The minimum absolute atomic E-state index is 0.0994. The van der Waals surface area contributed by atoms with E-state index in [0.29, 0.717) is 26.2 Å². The van der Waals surface area contributed by atoms with E-state index in [1.165, 1.54) is 4.31 Å². The zero-order valence-electron chi connectivity index (χ0n) is 13.9. The first-order chi connectivity index (χ1) is 11.0. The van der Waals surface area contributed by atoms with Crippen LogP contribution < -0.4 is 0 Å². The highest BCUT2D eigenvalue weighted by molar-refractivity contribution is 7.86. The Hall–Kier alpha value is -0.940. The number of rotatable bonds is 7. The molecule has 1 aliphatic carbocycles. The van der Waals surface area contributed by atoms with Gasteiger partial charge in [0.25, 0.3) is 10.2 Å². The molecule has 2 rings (SSSR count). The van der Waals surface area contributed by atoms with Gasteiger partial charge in [0.1, 0.15) is 0 Å². The average molecular weight is 341 g/mol. The number of nitriles is 1. The van der Waals surface area contributed by atoms with Crippen molar-refractivity contribution < 1.29 is 13.2 Å². The number of methoxy groups -OCH3 is 1. The number of ether oxygens (including phenoxy) is 1. The number of allylic oxidation sites excluding steroid dienone is 2. The van der Waals surface area contributed by atoms with Crippen LogP contribution in [-0.2, 0) is 14.9 Å². The third-order valence-electron chi connectivity index (χ3n) is 4.86. The normalized spacial score (nSPS) is 25.8. The van der Waals surface area contributed by atoms with Crippen molar-refractivity contribution in [3.05, 3.63) is 12.2 Å². The Morgan fingerprint density at radius 2 is 2.17 bits per heavy atom. The summed E-state index contributed by atoms with van der Waals surface area (Å²) in [6.07, 6.45) is 9.65. The molecule has 6 nitrogen and oxygen atoms in total. The van der Waals surface area contributed by atoms with Gasteiger partial charge in [-0.25, -0.2) is 0 Å². The zero-order valence-corrected chi connectivity index (χ0v) is 14.7. The maximum absolute atomic E-state index is 13.0. The van der Waals surface area contributed by atoms with E-state index < -0.39 is 10.2 Å². The van der Waals surface area contributed by atoms with E-state index in [9.17, 15) is 8.42 Å². The summed E-state index contributed by atoms with van der Waals surface area (Å²) in [4.78, 5) is 0. The van der Waals surface area contributed by atoms with Crippen LogP contribution in [0.3, 0.4) is 0 Å². The number of piperidine rings is 1. The SMILES string of the molecule is COCCN(CCC#N)S(=O)(=O)N1CCC[C@@]2(CC=CCC2)C1. The second-order valence-electron chi connectivity index (χ2n) is 6.46. The average Bonchev–Trinajstić information content (AvgIpc) is 2.55. The molecule has 1 heterocycles. The molecule has 0 aromatic heterocycles. The summed E-state index contributed by atoms with van der Waals surface area (Å²) in [5.74, 6) is 0. The minimum Gasteiger partial charge on any atom is -0.383 e. The lowest BCUT2D eigenvalue weighted by molar-refractivity contribution is 0.123. The standard InChI is InChI=1S/C16H27N3O3S/c1-22-14-13-18(12-6-10-17)23(20,21)19-11-5-9-16(15-19)7-3-2-4-8-16/h2-3H,4-9,11-15H2,1H3/t16-/m0/s1. The first-order valence-corrected chi connectivity index (χ1v) is 9.70. The number of hydrogen-bond acceptors (Lipinski definition) is 4. The van der Waals surface area contributed by atoms with Gasteiger partial charge < -0.3 is 4.74 Å². The molecule has 1 spiro atoms. The fraction of sp³-hybridized carbons (Fsp3) is 0.812. The summed E-state index contributed by atoms with van der Waals surface area (Å²) in [5.41, 5.74) is 0.0994. The van der Waals surface area contributed by atoms with E-state index in [2.05, 4.69) is 12.2 Å². The summed E-state index contributed by atoms with van der Waals surface area (Å²) in [6, 6.07) is 2.03. The minimum atomic E-state index is -3.53. The van der Waals surface area contributed by atoms with Crippen LogP contribution in [0.5, 0.6) is 0 Å². The fourth-order valence-corrected chi connectivity index (χ4v) is 5.30. The Kier molecular flexibility index (Phi) is 6.60. The highest BCUT2D eigenvalue weighted by atomic mass is 32.2. The van der Waals surface area contributed by atoms with Gasteiger partial charge in [-0.1, -0.05) is 12.2 Å². The second kappa shape index (κ2) is 8.25. The molecule has 1 saturated heterocycles. The van der Waals surface area contributed by atoms with Gasteiger partial charge >= 0.3 is 0 Å². The van der Waals surface area contributed by atoms with Crippen molar-refractivity contribution in [2.75, 3.05) is 39.9 Å². The van der Waals surface area contributed by atoms with E-state index in [-0.39, 0.29) is 18.4 Å². The molecule has 1 aliphatic heterocycles. The van der Waals surface area contributed by atoms with Crippen molar-refractivity contribution in [3.63, 3.8) is 0 Å². The van der Waals surface area contributed by atoms with Crippen molar-refractivity contribution >= 4 is 10.2 Å². The highest BCUT2D eigenvalue weighted by Crippen LogP contribution is 2.41. The zero-order chi connectivity index (χ0) is 16.8. The van der Waals surface area contributed by atoms with Crippen LogP contribution >= 0.6 is 0 Å². The molecule has 0 aromatic carbocycles. The van der Waals surface area contributed by atoms with Crippen molar-refractivity contribution in [2.24, 2.45) is 5.41 Å². The van der Waals surface area contributed by atoms with Crippen molar-refractivity contribution in [2.45, 2.75) is 38.5 Å². The molecule has 1 fully saturated rings. The van der Waals surface area contributed by atoms with Gasteiger partial charge in [0.05, 0.1) is 12.7 Å². The topological polar surface area (TPSA) is 73.6 Å². The third kappa shape index (κ3) is 4.54. The van der Waals surface area contributed by atoms with Crippen LogP contribution in [0.25, 0.3) is 0 Å². The van der Waals surface area contributed by atoms with Gasteiger partial charge in [0.15, 0.2) is 0 Å². The van der Waals surface area contributed by atoms with E-state index in [0.717, 1.165) is 32.1 Å². The van der Waals surface area contributed by atoms with E-state index in [1.807, 2.05) is 6.07 Å². The monoisotopic (exact) mass is 341 g/mol. The summed E-state index contributed by atoms with van der Waals surface area (Å²) in [7, 11) is -1.98. The van der Waals surface area contributed by atoms with Crippen LogP contribution in [0.1, 0.15) is 38.5 Å². The molecule has 0 saturated carbocycles. The molecule has 2 aliphatic rings. The van der Waals surface area contributed by atoms with Gasteiger partial charge in [-0.15, -0.1) is 0 Å². The van der Waals surface area contributed by atoms with Crippen LogP contribution in [-0.4, -0.2) is 56.9 Å². The lowest BCUT2D eigenvalue weighted by Gasteiger charge is -2.44. The van der Waals surface area contributed by atoms with Crippen LogP contribution in [0.2, 0.25) is 0 Å². The Morgan fingerprint density at radius 1 is 1.35 bits per heavy atom. The smallest absolute Gasteiger partial charge is 0.282 e. The van der Waals surface area contributed by atoms with E-state index in [1.54, 1.807) is 11.4 Å². The van der Waals surface area contributed by atoms with Crippen LogP contribution in [0, 0.1) is 16.7 Å². The van der Waals surface area contributed by atoms with Crippen molar-refractivity contribution in [3.8, 4) is 6.07 Å². The molecule has 0 radical (unpaired) electrons. The maximum Gasteiger partial charge on any atom is 0.282 e. The Balaban J connectivity index is 2.11.